The zero-order valence-corrected chi connectivity index (χ0v) is 28.7. The van der Waals surface area contributed by atoms with Crippen LogP contribution in [0.25, 0.3) is 16.8 Å². The number of aliphatic hydroxyl groups is 1. The molecule has 0 aliphatic carbocycles. The van der Waals surface area contributed by atoms with Gasteiger partial charge in [0, 0.05) is 37.1 Å². The average molecular weight is 709 g/mol. The second-order valence-electron chi connectivity index (χ2n) is 12.2. The lowest BCUT2D eigenvalue weighted by atomic mass is 9.97. The van der Waals surface area contributed by atoms with Crippen LogP contribution in [-0.4, -0.2) is 54.2 Å². The first kappa shape index (κ1) is 35.9. The molecule has 1 fully saturated rings. The number of aliphatic hydroxyl groups excluding tert-OH is 1. The summed E-state index contributed by atoms with van der Waals surface area (Å²) in [5.74, 6) is 0.0526. The Hall–Kier alpha value is -4.92. The molecule has 1 saturated heterocycles. The summed E-state index contributed by atoms with van der Waals surface area (Å²) < 4.78 is 14.8. The molecule has 0 bridgehead atoms. The number of amides is 2. The van der Waals surface area contributed by atoms with Crippen molar-refractivity contribution in [2.24, 2.45) is 0 Å². The van der Waals surface area contributed by atoms with Crippen LogP contribution >= 0.6 is 11.8 Å². The number of nitrogens with zero attached hydrogens (tertiary/aromatic N) is 4. The number of hydrogen-bond acceptors (Lipinski definition) is 10. The Morgan fingerprint density at radius 3 is 2.29 bits per heavy atom. The lowest BCUT2D eigenvalue weighted by molar-refractivity contribution is -0.245. The van der Waals surface area contributed by atoms with Crippen LogP contribution in [0.4, 0.5) is 0 Å². The highest BCUT2D eigenvalue weighted by Gasteiger charge is 2.32. The van der Waals surface area contributed by atoms with Gasteiger partial charge >= 0.3 is 0 Å². The minimum Gasteiger partial charge on any atom is -0.392 e. The van der Waals surface area contributed by atoms with Crippen molar-refractivity contribution in [1.29, 1.82) is 0 Å². The van der Waals surface area contributed by atoms with Gasteiger partial charge in [-0.05, 0) is 63.2 Å². The minimum absolute atomic E-state index is 0.0256. The topological polar surface area (TPSA) is 161 Å². The first-order valence-electron chi connectivity index (χ1n) is 16.9. The van der Waals surface area contributed by atoms with Crippen molar-refractivity contribution >= 4 is 23.6 Å². The van der Waals surface area contributed by atoms with Crippen LogP contribution in [0.1, 0.15) is 66.8 Å². The van der Waals surface area contributed by atoms with Gasteiger partial charge in [-0.1, -0.05) is 103 Å². The largest absolute Gasteiger partial charge is 0.392 e. The number of nitrogens with one attached hydrogen (secondary N) is 2. The molecule has 51 heavy (non-hydrogen) atoms. The molecule has 12 nitrogen and oxygen atoms in total. The van der Waals surface area contributed by atoms with E-state index in [1.54, 1.807) is 10.2 Å². The van der Waals surface area contributed by atoms with Crippen LogP contribution in [-0.2, 0) is 32.2 Å². The zero-order valence-electron chi connectivity index (χ0n) is 27.9. The summed E-state index contributed by atoms with van der Waals surface area (Å²) in [6.07, 6.45) is 1.14. The maximum atomic E-state index is 12.5. The number of tetrazole rings is 1. The van der Waals surface area contributed by atoms with Gasteiger partial charge in [0.1, 0.15) is 0 Å². The standard InChI is InChI=1S/C38H40N6O6S/c45-24-26-14-16-28(17-15-26)34-22-32(25-51-38-40-42-43-44(38)31-9-2-1-3-10-31)49-37(50-34)29-20-18-27(19-21-29)33-11-5-4-8-30(33)23-39-35(46)12-6-7-13-36(47)41-48/h1-5,8-11,14-21,32,34,37,45,48H,6-7,12-13,22-25H2,(H,39,46)(H,41,47)/t32-,34+,37+/m1/s1. The average Bonchev–Trinajstić information content (AvgIpc) is 3.67. The maximum absolute atomic E-state index is 12.5. The maximum Gasteiger partial charge on any atom is 0.243 e. The number of benzene rings is 4. The molecule has 4 N–H and O–H groups in total. The molecule has 1 aromatic heterocycles. The van der Waals surface area contributed by atoms with Crippen molar-refractivity contribution in [3.63, 3.8) is 0 Å². The third-order valence-electron chi connectivity index (χ3n) is 8.62. The van der Waals surface area contributed by atoms with E-state index in [-0.39, 0.29) is 31.1 Å². The van der Waals surface area contributed by atoms with Gasteiger partial charge in [-0.2, -0.15) is 4.68 Å². The third-order valence-corrected chi connectivity index (χ3v) is 9.68. The Kier molecular flexibility index (Phi) is 12.6. The third kappa shape index (κ3) is 9.66. The van der Waals surface area contributed by atoms with Crippen LogP contribution in [0.15, 0.2) is 108 Å². The summed E-state index contributed by atoms with van der Waals surface area (Å²) in [5, 5.41) is 34.2. The van der Waals surface area contributed by atoms with Gasteiger partial charge in [0.05, 0.1) is 24.5 Å². The van der Waals surface area contributed by atoms with Crippen LogP contribution in [0.3, 0.4) is 0 Å². The molecule has 0 saturated carbocycles. The molecule has 3 atom stereocenters. The number of para-hydroxylation sites is 1. The van der Waals surface area contributed by atoms with Crippen LogP contribution in [0, 0.1) is 0 Å². The second-order valence-corrected chi connectivity index (χ2v) is 13.2. The van der Waals surface area contributed by atoms with Gasteiger partial charge in [0.15, 0.2) is 6.29 Å². The first-order chi connectivity index (χ1) is 25.0. The number of hydroxylamine groups is 1. The lowest BCUT2D eigenvalue weighted by Gasteiger charge is -2.36. The van der Waals surface area contributed by atoms with E-state index < -0.39 is 12.2 Å². The summed E-state index contributed by atoms with van der Waals surface area (Å²) >= 11 is 1.53. The van der Waals surface area contributed by atoms with E-state index in [1.165, 1.54) is 11.8 Å². The highest BCUT2D eigenvalue weighted by molar-refractivity contribution is 7.99. The summed E-state index contributed by atoms with van der Waals surface area (Å²) in [4.78, 5) is 23.7. The summed E-state index contributed by atoms with van der Waals surface area (Å²) in [6.45, 7) is 0.342. The van der Waals surface area contributed by atoms with E-state index >= 15 is 0 Å². The van der Waals surface area contributed by atoms with Crippen molar-refractivity contribution < 1.29 is 29.4 Å². The highest BCUT2D eigenvalue weighted by Crippen LogP contribution is 2.40. The molecule has 264 valence electrons. The second kappa shape index (κ2) is 17.8. The summed E-state index contributed by atoms with van der Waals surface area (Å²) in [6, 6.07) is 33.6. The van der Waals surface area contributed by atoms with Crippen molar-refractivity contribution in [2.45, 2.75) is 68.9 Å². The quantitative estimate of drug-likeness (QED) is 0.0450. The normalized spacial score (nSPS) is 17.2. The Morgan fingerprint density at radius 2 is 1.55 bits per heavy atom. The lowest BCUT2D eigenvalue weighted by Crippen LogP contribution is -2.31. The van der Waals surface area contributed by atoms with Crippen molar-refractivity contribution in [2.75, 3.05) is 5.75 Å². The number of carbonyl (C=O) groups excluding carboxylic acids is 2. The molecular formula is C38H40N6O6S. The Morgan fingerprint density at radius 1 is 0.843 bits per heavy atom. The van der Waals surface area contributed by atoms with E-state index in [9.17, 15) is 14.7 Å². The SMILES string of the molecule is O=C(CCCCC(=O)NCc1ccccc1-c1ccc([C@H]2O[C@@H](CSc3nnnn3-c3ccccc3)C[C@@H](c3ccc(CO)cc3)O2)cc1)NO. The van der Waals surface area contributed by atoms with Gasteiger partial charge in [0.25, 0.3) is 0 Å². The van der Waals surface area contributed by atoms with Crippen molar-refractivity contribution in [3.05, 3.63) is 125 Å². The van der Waals surface area contributed by atoms with E-state index in [0.717, 1.165) is 39.1 Å². The zero-order chi connectivity index (χ0) is 35.4. The fourth-order valence-electron chi connectivity index (χ4n) is 5.88. The molecule has 4 aromatic carbocycles. The van der Waals surface area contributed by atoms with E-state index in [2.05, 4.69) is 20.8 Å². The Balaban J connectivity index is 1.14. The van der Waals surface area contributed by atoms with Crippen LogP contribution in [0.5, 0.6) is 0 Å². The van der Waals surface area contributed by atoms with Gasteiger partial charge in [-0.3, -0.25) is 14.8 Å². The molecule has 0 radical (unpaired) electrons. The fraction of sp³-hybridized carbons (Fsp3) is 0.289. The molecule has 1 aliphatic rings. The van der Waals surface area contributed by atoms with E-state index in [0.29, 0.717) is 43.1 Å². The number of aromatic nitrogens is 4. The Labute approximate surface area is 300 Å². The predicted molar refractivity (Wildman–Crippen MR) is 190 cm³/mol. The van der Waals surface area contributed by atoms with Gasteiger partial charge < -0.3 is 19.9 Å². The molecule has 2 heterocycles. The summed E-state index contributed by atoms with van der Waals surface area (Å²) in [5.41, 5.74) is 8.17. The number of ether oxygens (including phenoxy) is 2. The van der Waals surface area contributed by atoms with Gasteiger partial charge in [0.2, 0.25) is 17.0 Å². The number of hydrogen-bond donors (Lipinski definition) is 4. The van der Waals surface area contributed by atoms with Crippen molar-refractivity contribution in [1.82, 2.24) is 31.0 Å². The first-order valence-corrected chi connectivity index (χ1v) is 17.8. The van der Waals surface area contributed by atoms with Crippen LogP contribution < -0.4 is 10.8 Å². The van der Waals surface area contributed by atoms with E-state index in [4.69, 9.17) is 14.7 Å². The monoisotopic (exact) mass is 708 g/mol. The molecule has 2 amide bonds. The predicted octanol–water partition coefficient (Wildman–Crippen LogP) is 5.84. The molecule has 6 rings (SSSR count). The molecule has 0 spiro atoms. The highest BCUT2D eigenvalue weighted by atomic mass is 32.2. The fourth-order valence-corrected chi connectivity index (χ4v) is 6.78. The van der Waals surface area contributed by atoms with Gasteiger partial charge in [-0.25, -0.2) is 5.48 Å². The van der Waals surface area contributed by atoms with Crippen LogP contribution in [0.2, 0.25) is 0 Å². The summed E-state index contributed by atoms with van der Waals surface area (Å²) in [7, 11) is 0. The number of carbonyl (C=O) groups is 2. The number of rotatable bonds is 15. The molecule has 1 aliphatic heterocycles. The molecule has 0 unspecified atom stereocenters. The van der Waals surface area contributed by atoms with Crippen molar-refractivity contribution in [3.8, 4) is 16.8 Å². The molecular weight excluding hydrogens is 669 g/mol. The molecule has 5 aromatic rings. The number of unbranched alkanes of at least 4 members (excludes halogenated alkanes) is 1. The van der Waals surface area contributed by atoms with Gasteiger partial charge in [-0.15, -0.1) is 5.10 Å². The Bertz CT molecular complexity index is 1870. The minimum atomic E-state index is -0.621. The number of thioether (sulfide) groups is 1. The molecule has 13 heteroatoms. The smallest absolute Gasteiger partial charge is 0.243 e. The van der Waals surface area contributed by atoms with E-state index in [1.807, 2.05) is 103 Å².